The summed E-state index contributed by atoms with van der Waals surface area (Å²) >= 11 is 0. The normalized spacial score (nSPS) is 12.1. The lowest BCUT2D eigenvalue weighted by molar-refractivity contribution is 0.104. The lowest BCUT2D eigenvalue weighted by Gasteiger charge is -2.25. The van der Waals surface area contributed by atoms with Gasteiger partial charge in [0.2, 0.25) is 0 Å². The Labute approximate surface area is 168 Å². The average Bonchev–Trinajstić information content (AvgIpc) is 2.59. The molecule has 150 valence electrons. The van der Waals surface area contributed by atoms with Crippen LogP contribution in [0.3, 0.4) is 0 Å². The molecule has 2 aromatic rings. The standard InChI is InChI=1S/C24H30O4/c1-23(2,3)27-20-13-15-22(28-24(4,5)6)18(16-20)10-14-21(25)17-8-11-19(26-7)12-9-17/h8-16H,1-7H3/b14-10-. The number of hydrogen-bond donors (Lipinski definition) is 0. The SMILES string of the molecule is COc1ccc(C(=O)/C=C\c2cc(OC(C)(C)C)ccc2OC(C)(C)C)cc1. The van der Waals surface area contributed by atoms with Crippen LogP contribution in [-0.4, -0.2) is 24.1 Å². The lowest BCUT2D eigenvalue weighted by atomic mass is 10.1. The fourth-order valence-corrected chi connectivity index (χ4v) is 2.51. The van der Waals surface area contributed by atoms with E-state index in [4.69, 9.17) is 14.2 Å². The molecule has 0 spiro atoms. The third kappa shape index (κ3) is 6.76. The first-order valence-electron chi connectivity index (χ1n) is 9.35. The van der Waals surface area contributed by atoms with Gasteiger partial charge in [-0.3, -0.25) is 4.79 Å². The maximum Gasteiger partial charge on any atom is 0.185 e. The van der Waals surface area contributed by atoms with Crippen LogP contribution in [0.5, 0.6) is 17.2 Å². The Hall–Kier alpha value is -2.75. The van der Waals surface area contributed by atoms with E-state index < -0.39 is 0 Å². The number of methoxy groups -OCH3 is 1. The van der Waals surface area contributed by atoms with Gasteiger partial charge in [-0.2, -0.15) is 0 Å². The largest absolute Gasteiger partial charge is 0.497 e. The fourth-order valence-electron chi connectivity index (χ4n) is 2.51. The first-order chi connectivity index (χ1) is 13.0. The van der Waals surface area contributed by atoms with E-state index in [2.05, 4.69) is 0 Å². The highest BCUT2D eigenvalue weighted by Gasteiger charge is 2.17. The molecule has 0 aliphatic rings. The Morgan fingerprint density at radius 3 is 1.93 bits per heavy atom. The van der Waals surface area contributed by atoms with Crippen LogP contribution in [0.2, 0.25) is 0 Å². The molecule has 28 heavy (non-hydrogen) atoms. The van der Waals surface area contributed by atoms with Crippen molar-refractivity contribution in [3.8, 4) is 17.2 Å². The molecule has 0 amide bonds. The lowest BCUT2D eigenvalue weighted by Crippen LogP contribution is -2.24. The summed E-state index contributed by atoms with van der Waals surface area (Å²) < 4.78 is 17.1. The van der Waals surface area contributed by atoms with E-state index in [9.17, 15) is 4.79 Å². The zero-order chi connectivity index (χ0) is 20.9. The fraction of sp³-hybridized carbons (Fsp3) is 0.375. The van der Waals surface area contributed by atoms with Crippen molar-refractivity contribution in [2.75, 3.05) is 7.11 Å². The number of benzene rings is 2. The number of carbonyl (C=O) groups excluding carboxylic acids is 1. The van der Waals surface area contributed by atoms with Crippen LogP contribution in [0.1, 0.15) is 57.5 Å². The van der Waals surface area contributed by atoms with Gasteiger partial charge >= 0.3 is 0 Å². The van der Waals surface area contributed by atoms with Gasteiger partial charge in [0.25, 0.3) is 0 Å². The van der Waals surface area contributed by atoms with Crippen molar-refractivity contribution in [1.29, 1.82) is 0 Å². The molecule has 0 N–H and O–H groups in total. The highest BCUT2D eigenvalue weighted by molar-refractivity contribution is 6.07. The van der Waals surface area contributed by atoms with Crippen LogP contribution in [-0.2, 0) is 0 Å². The van der Waals surface area contributed by atoms with Crippen molar-refractivity contribution < 1.29 is 19.0 Å². The molecule has 0 aliphatic carbocycles. The summed E-state index contributed by atoms with van der Waals surface area (Å²) in [6.45, 7) is 12.0. The highest BCUT2D eigenvalue weighted by Crippen LogP contribution is 2.30. The van der Waals surface area contributed by atoms with Crippen molar-refractivity contribution in [2.24, 2.45) is 0 Å². The number of ketones is 1. The highest BCUT2D eigenvalue weighted by atomic mass is 16.5. The Bertz CT molecular complexity index is 834. The molecule has 2 rings (SSSR count). The molecule has 0 fully saturated rings. The van der Waals surface area contributed by atoms with Crippen LogP contribution in [0.25, 0.3) is 6.08 Å². The molecule has 0 saturated heterocycles. The second-order valence-electron chi connectivity index (χ2n) is 8.55. The molecule has 0 saturated carbocycles. The number of carbonyl (C=O) groups is 1. The molecule has 2 aromatic carbocycles. The summed E-state index contributed by atoms with van der Waals surface area (Å²) in [5.41, 5.74) is 0.720. The zero-order valence-electron chi connectivity index (χ0n) is 17.8. The summed E-state index contributed by atoms with van der Waals surface area (Å²) in [4.78, 5) is 12.5. The van der Waals surface area contributed by atoms with E-state index in [-0.39, 0.29) is 17.0 Å². The predicted molar refractivity (Wildman–Crippen MR) is 114 cm³/mol. The number of allylic oxidation sites excluding steroid dienone is 1. The predicted octanol–water partition coefficient (Wildman–Crippen LogP) is 5.95. The molecule has 0 atom stereocenters. The summed E-state index contributed by atoms with van der Waals surface area (Å²) in [7, 11) is 1.60. The van der Waals surface area contributed by atoms with E-state index in [1.54, 1.807) is 43.5 Å². The van der Waals surface area contributed by atoms with E-state index in [1.165, 1.54) is 0 Å². The van der Waals surface area contributed by atoms with E-state index in [1.807, 2.05) is 59.7 Å². The molecular formula is C24H30O4. The van der Waals surface area contributed by atoms with Gasteiger partial charge in [-0.1, -0.05) is 0 Å². The van der Waals surface area contributed by atoms with Crippen molar-refractivity contribution in [3.05, 3.63) is 59.7 Å². The summed E-state index contributed by atoms with van der Waals surface area (Å²) in [5.74, 6) is 2.05. The first kappa shape index (κ1) is 21.5. The van der Waals surface area contributed by atoms with Gasteiger partial charge in [-0.15, -0.1) is 0 Å². The molecule has 0 unspecified atom stereocenters. The molecular weight excluding hydrogens is 352 g/mol. The Morgan fingerprint density at radius 2 is 1.39 bits per heavy atom. The van der Waals surface area contributed by atoms with Crippen molar-refractivity contribution >= 4 is 11.9 Å². The minimum Gasteiger partial charge on any atom is -0.497 e. The van der Waals surface area contributed by atoms with Gasteiger partial charge in [0.15, 0.2) is 5.78 Å². The molecule has 0 aromatic heterocycles. The van der Waals surface area contributed by atoms with Gasteiger partial charge in [0, 0.05) is 11.1 Å². The van der Waals surface area contributed by atoms with Crippen LogP contribution in [0, 0.1) is 0 Å². The van der Waals surface area contributed by atoms with Crippen LogP contribution in [0.15, 0.2) is 48.5 Å². The first-order valence-corrected chi connectivity index (χ1v) is 9.35. The van der Waals surface area contributed by atoms with Crippen LogP contribution in [0.4, 0.5) is 0 Å². The van der Waals surface area contributed by atoms with Gasteiger partial charge in [0.05, 0.1) is 7.11 Å². The third-order valence-electron chi connectivity index (χ3n) is 3.61. The van der Waals surface area contributed by atoms with E-state index >= 15 is 0 Å². The van der Waals surface area contributed by atoms with E-state index in [0.717, 1.165) is 11.3 Å². The minimum atomic E-state index is -0.352. The monoisotopic (exact) mass is 382 g/mol. The average molecular weight is 383 g/mol. The quantitative estimate of drug-likeness (QED) is 0.458. The molecule has 4 nitrogen and oxygen atoms in total. The maximum absolute atomic E-state index is 12.5. The van der Waals surface area contributed by atoms with Crippen molar-refractivity contribution in [3.63, 3.8) is 0 Å². The number of hydrogen-bond acceptors (Lipinski definition) is 4. The minimum absolute atomic E-state index is 0.0912. The number of ether oxygens (including phenoxy) is 3. The number of rotatable bonds is 6. The summed E-state index contributed by atoms with van der Waals surface area (Å²) in [6.07, 6.45) is 3.32. The van der Waals surface area contributed by atoms with E-state index in [0.29, 0.717) is 17.1 Å². The smallest absolute Gasteiger partial charge is 0.185 e. The second kappa shape index (κ2) is 8.51. The van der Waals surface area contributed by atoms with Crippen LogP contribution < -0.4 is 14.2 Å². The topological polar surface area (TPSA) is 44.8 Å². The Morgan fingerprint density at radius 1 is 0.821 bits per heavy atom. The van der Waals surface area contributed by atoms with Gasteiger partial charge < -0.3 is 14.2 Å². The van der Waals surface area contributed by atoms with Gasteiger partial charge in [-0.25, -0.2) is 0 Å². The van der Waals surface area contributed by atoms with Crippen LogP contribution >= 0.6 is 0 Å². The van der Waals surface area contributed by atoms with Gasteiger partial charge in [0.1, 0.15) is 28.5 Å². The summed E-state index contributed by atoms with van der Waals surface area (Å²) in [5, 5.41) is 0. The van der Waals surface area contributed by atoms with Crippen molar-refractivity contribution in [1.82, 2.24) is 0 Å². The molecule has 4 heteroatoms. The molecule has 0 aliphatic heterocycles. The molecule has 0 heterocycles. The molecule has 0 bridgehead atoms. The Kier molecular flexibility index (Phi) is 6.55. The second-order valence-corrected chi connectivity index (χ2v) is 8.55. The Balaban J connectivity index is 2.31. The third-order valence-corrected chi connectivity index (χ3v) is 3.61. The van der Waals surface area contributed by atoms with Gasteiger partial charge in [-0.05, 0) is 96.2 Å². The maximum atomic E-state index is 12.5. The van der Waals surface area contributed by atoms with Crippen molar-refractivity contribution in [2.45, 2.75) is 52.7 Å². The molecule has 0 radical (unpaired) electrons. The zero-order valence-corrected chi connectivity index (χ0v) is 17.8. The summed E-state index contributed by atoms with van der Waals surface area (Å²) in [6, 6.07) is 12.7.